The largest absolute Gasteiger partial charge is 0.480 e. The van der Waals surface area contributed by atoms with E-state index in [1.807, 2.05) is 6.92 Å². The highest BCUT2D eigenvalue weighted by Gasteiger charge is 2.42. The van der Waals surface area contributed by atoms with E-state index >= 15 is 0 Å². The second-order valence-electron chi connectivity index (χ2n) is 4.13. The summed E-state index contributed by atoms with van der Waals surface area (Å²) in [6.45, 7) is 4.09. The fourth-order valence-corrected chi connectivity index (χ4v) is 1.98. The molecule has 1 rings (SSSR count). The minimum Gasteiger partial charge on any atom is -0.480 e. The van der Waals surface area contributed by atoms with Gasteiger partial charge in [-0.25, -0.2) is 0 Å². The zero-order valence-corrected chi connectivity index (χ0v) is 7.71. The van der Waals surface area contributed by atoms with Crippen LogP contribution in [0.3, 0.4) is 0 Å². The summed E-state index contributed by atoms with van der Waals surface area (Å²) in [5, 5.41) is 8.93. The Hall–Kier alpha value is -0.570. The standard InChI is InChI=1S/C9H17NO2/c1-6-3-4-9(10,8(11)12)7(2)5-6/h6-7H,3-5,10H2,1-2H3,(H,11,12). The van der Waals surface area contributed by atoms with E-state index in [1.54, 1.807) is 0 Å². The molecule has 1 aliphatic rings. The van der Waals surface area contributed by atoms with Crippen molar-refractivity contribution in [1.82, 2.24) is 0 Å². The molecule has 0 saturated heterocycles. The molecule has 1 aliphatic carbocycles. The highest BCUT2D eigenvalue weighted by molar-refractivity contribution is 5.79. The van der Waals surface area contributed by atoms with Gasteiger partial charge in [0.25, 0.3) is 0 Å². The Morgan fingerprint density at radius 2 is 2.17 bits per heavy atom. The average Bonchev–Trinajstić information content (AvgIpc) is 1.97. The van der Waals surface area contributed by atoms with Crippen molar-refractivity contribution < 1.29 is 9.90 Å². The van der Waals surface area contributed by atoms with E-state index in [2.05, 4.69) is 6.92 Å². The molecule has 1 fully saturated rings. The molecule has 0 heterocycles. The first kappa shape index (κ1) is 9.52. The maximum absolute atomic E-state index is 10.9. The van der Waals surface area contributed by atoms with Gasteiger partial charge in [0, 0.05) is 0 Å². The smallest absolute Gasteiger partial charge is 0.323 e. The van der Waals surface area contributed by atoms with E-state index < -0.39 is 11.5 Å². The first-order valence-corrected chi connectivity index (χ1v) is 4.49. The van der Waals surface area contributed by atoms with Crippen LogP contribution in [0.5, 0.6) is 0 Å². The Balaban J connectivity index is 2.72. The van der Waals surface area contributed by atoms with Gasteiger partial charge < -0.3 is 10.8 Å². The summed E-state index contributed by atoms with van der Waals surface area (Å²) in [6.07, 6.45) is 2.49. The monoisotopic (exact) mass is 171 g/mol. The summed E-state index contributed by atoms with van der Waals surface area (Å²) in [6, 6.07) is 0. The Morgan fingerprint density at radius 1 is 1.58 bits per heavy atom. The molecule has 0 spiro atoms. The van der Waals surface area contributed by atoms with Gasteiger partial charge in [-0.3, -0.25) is 4.79 Å². The third-order valence-electron chi connectivity index (χ3n) is 3.08. The molecule has 12 heavy (non-hydrogen) atoms. The van der Waals surface area contributed by atoms with Crippen molar-refractivity contribution in [2.75, 3.05) is 0 Å². The number of carboxylic acid groups (broad SMARTS) is 1. The molecule has 1 saturated carbocycles. The number of rotatable bonds is 1. The lowest BCUT2D eigenvalue weighted by atomic mass is 9.70. The zero-order chi connectivity index (χ0) is 9.35. The van der Waals surface area contributed by atoms with Crippen LogP contribution in [-0.2, 0) is 4.79 Å². The molecule has 0 bridgehead atoms. The first-order valence-electron chi connectivity index (χ1n) is 4.49. The van der Waals surface area contributed by atoms with Gasteiger partial charge in [-0.1, -0.05) is 13.8 Å². The van der Waals surface area contributed by atoms with Crippen molar-refractivity contribution in [3.63, 3.8) is 0 Å². The van der Waals surface area contributed by atoms with Crippen molar-refractivity contribution in [2.45, 2.75) is 38.6 Å². The summed E-state index contributed by atoms with van der Waals surface area (Å²) < 4.78 is 0. The highest BCUT2D eigenvalue weighted by Crippen LogP contribution is 2.34. The molecule has 3 unspecified atom stereocenters. The fourth-order valence-electron chi connectivity index (χ4n) is 1.98. The maximum atomic E-state index is 10.9. The number of nitrogens with two attached hydrogens (primary N) is 1. The zero-order valence-electron chi connectivity index (χ0n) is 7.71. The summed E-state index contributed by atoms with van der Waals surface area (Å²) >= 11 is 0. The van der Waals surface area contributed by atoms with E-state index in [1.165, 1.54) is 0 Å². The van der Waals surface area contributed by atoms with Gasteiger partial charge in [0.15, 0.2) is 0 Å². The molecule has 0 radical (unpaired) electrons. The minimum atomic E-state index is -0.966. The molecule has 0 aliphatic heterocycles. The Kier molecular flexibility index (Phi) is 2.42. The molecule has 0 aromatic carbocycles. The van der Waals surface area contributed by atoms with Crippen LogP contribution in [-0.4, -0.2) is 16.6 Å². The summed E-state index contributed by atoms with van der Waals surface area (Å²) in [4.78, 5) is 10.9. The van der Waals surface area contributed by atoms with Gasteiger partial charge >= 0.3 is 5.97 Å². The van der Waals surface area contributed by atoms with E-state index in [9.17, 15) is 4.79 Å². The van der Waals surface area contributed by atoms with Crippen LogP contribution >= 0.6 is 0 Å². The summed E-state index contributed by atoms with van der Waals surface area (Å²) in [5.41, 5.74) is 4.84. The summed E-state index contributed by atoms with van der Waals surface area (Å²) in [7, 11) is 0. The minimum absolute atomic E-state index is 0.0961. The van der Waals surface area contributed by atoms with Gasteiger partial charge in [-0.2, -0.15) is 0 Å². The number of aliphatic carboxylic acids is 1. The number of hydrogen-bond donors (Lipinski definition) is 2. The topological polar surface area (TPSA) is 63.3 Å². The average molecular weight is 171 g/mol. The third kappa shape index (κ3) is 1.46. The lowest BCUT2D eigenvalue weighted by molar-refractivity contribution is -0.147. The summed E-state index contributed by atoms with van der Waals surface area (Å²) in [5.74, 6) is -0.128. The Labute approximate surface area is 72.9 Å². The molecular formula is C9H17NO2. The van der Waals surface area contributed by atoms with Crippen LogP contribution in [0.1, 0.15) is 33.1 Å². The second kappa shape index (κ2) is 3.05. The number of carboxylic acids is 1. The first-order chi connectivity index (χ1) is 5.47. The van der Waals surface area contributed by atoms with Gasteiger partial charge in [-0.05, 0) is 31.1 Å². The van der Waals surface area contributed by atoms with Gasteiger partial charge in [0.05, 0.1) is 0 Å². The predicted octanol–water partition coefficient (Wildman–Crippen LogP) is 1.22. The van der Waals surface area contributed by atoms with Crippen LogP contribution in [0.15, 0.2) is 0 Å². The van der Waals surface area contributed by atoms with Crippen molar-refractivity contribution in [1.29, 1.82) is 0 Å². The van der Waals surface area contributed by atoms with Gasteiger partial charge in [0.2, 0.25) is 0 Å². The normalized spacial score (nSPS) is 42.6. The highest BCUT2D eigenvalue weighted by atomic mass is 16.4. The predicted molar refractivity (Wildman–Crippen MR) is 46.7 cm³/mol. The van der Waals surface area contributed by atoms with E-state index in [0.717, 1.165) is 12.8 Å². The Bertz CT molecular complexity index is 193. The SMILES string of the molecule is CC1CCC(N)(C(=O)O)C(C)C1. The molecule has 0 aromatic rings. The van der Waals surface area contributed by atoms with Gasteiger partial charge in [0.1, 0.15) is 5.54 Å². The van der Waals surface area contributed by atoms with E-state index in [4.69, 9.17) is 10.8 Å². The molecule has 0 amide bonds. The van der Waals surface area contributed by atoms with Gasteiger partial charge in [-0.15, -0.1) is 0 Å². The quantitative estimate of drug-likeness (QED) is 0.623. The molecule has 3 heteroatoms. The van der Waals surface area contributed by atoms with E-state index in [-0.39, 0.29) is 5.92 Å². The molecule has 3 atom stereocenters. The number of carbonyl (C=O) groups is 1. The van der Waals surface area contributed by atoms with Crippen molar-refractivity contribution in [3.8, 4) is 0 Å². The lowest BCUT2D eigenvalue weighted by Gasteiger charge is -2.38. The Morgan fingerprint density at radius 3 is 2.58 bits per heavy atom. The van der Waals surface area contributed by atoms with Crippen molar-refractivity contribution >= 4 is 5.97 Å². The van der Waals surface area contributed by atoms with Crippen molar-refractivity contribution in [2.24, 2.45) is 17.6 Å². The van der Waals surface area contributed by atoms with Crippen LogP contribution < -0.4 is 5.73 Å². The molecule has 3 N–H and O–H groups in total. The fraction of sp³-hybridized carbons (Fsp3) is 0.889. The molecular weight excluding hydrogens is 154 g/mol. The number of hydrogen-bond acceptors (Lipinski definition) is 2. The third-order valence-corrected chi connectivity index (χ3v) is 3.08. The van der Waals surface area contributed by atoms with Crippen molar-refractivity contribution in [3.05, 3.63) is 0 Å². The second-order valence-corrected chi connectivity index (χ2v) is 4.13. The van der Waals surface area contributed by atoms with Crippen LogP contribution in [0, 0.1) is 11.8 Å². The molecule has 3 nitrogen and oxygen atoms in total. The van der Waals surface area contributed by atoms with E-state index in [0.29, 0.717) is 12.3 Å². The molecule has 0 aromatic heterocycles. The van der Waals surface area contributed by atoms with Crippen LogP contribution in [0.25, 0.3) is 0 Å². The van der Waals surface area contributed by atoms with Crippen LogP contribution in [0.4, 0.5) is 0 Å². The lowest BCUT2D eigenvalue weighted by Crippen LogP contribution is -2.55. The maximum Gasteiger partial charge on any atom is 0.323 e. The molecule has 70 valence electrons. The van der Waals surface area contributed by atoms with Crippen LogP contribution in [0.2, 0.25) is 0 Å².